The lowest BCUT2D eigenvalue weighted by molar-refractivity contribution is 0.0951. The van der Waals surface area contributed by atoms with Crippen LogP contribution in [0.15, 0.2) is 46.9 Å². The van der Waals surface area contributed by atoms with E-state index in [-0.39, 0.29) is 5.91 Å². The van der Waals surface area contributed by atoms with Gasteiger partial charge < -0.3 is 5.32 Å². The second-order valence-electron chi connectivity index (χ2n) is 5.41. The van der Waals surface area contributed by atoms with Crippen molar-refractivity contribution in [3.8, 4) is 0 Å². The molecule has 0 aliphatic carbocycles. The topological polar surface area (TPSA) is 54.9 Å². The van der Waals surface area contributed by atoms with E-state index in [1.165, 1.54) is 0 Å². The maximum atomic E-state index is 12.3. The van der Waals surface area contributed by atoms with Gasteiger partial charge in [0.1, 0.15) is 0 Å². The first-order valence-electron chi connectivity index (χ1n) is 7.30. The van der Waals surface area contributed by atoms with Crippen LogP contribution in [0, 0.1) is 13.8 Å². The summed E-state index contributed by atoms with van der Waals surface area (Å²) in [6.07, 6.45) is 0. The Morgan fingerprint density at radius 3 is 2.52 bits per heavy atom. The van der Waals surface area contributed by atoms with E-state index in [0.29, 0.717) is 12.1 Å². The first-order valence-corrected chi connectivity index (χ1v) is 8.10. The van der Waals surface area contributed by atoms with Crippen molar-refractivity contribution in [2.24, 2.45) is 0 Å². The maximum Gasteiger partial charge on any atom is 0.251 e. The van der Waals surface area contributed by atoms with Gasteiger partial charge in [-0.15, -0.1) is 0 Å². The van der Waals surface area contributed by atoms with Crippen LogP contribution in [0.2, 0.25) is 0 Å². The Morgan fingerprint density at radius 1 is 1.04 bits per heavy atom. The molecule has 2 aromatic carbocycles. The first-order chi connectivity index (χ1) is 11.0. The second kappa shape index (κ2) is 6.46. The Labute approximate surface area is 143 Å². The summed E-state index contributed by atoms with van der Waals surface area (Å²) in [5.41, 5.74) is 4.96. The van der Waals surface area contributed by atoms with Crippen molar-refractivity contribution < 1.29 is 4.79 Å². The number of carbonyl (C=O) groups excluding carboxylic acids is 1. The summed E-state index contributed by atoms with van der Waals surface area (Å²) in [6, 6.07) is 13.3. The molecule has 0 bridgehead atoms. The smallest absolute Gasteiger partial charge is 0.251 e. The monoisotopic (exact) mass is 369 g/mol. The molecule has 116 valence electrons. The van der Waals surface area contributed by atoms with Gasteiger partial charge in [0.05, 0.1) is 22.4 Å². The molecule has 5 heteroatoms. The molecular formula is C18H16BrN3O. The van der Waals surface area contributed by atoms with E-state index >= 15 is 0 Å². The van der Waals surface area contributed by atoms with Crippen molar-refractivity contribution >= 4 is 32.9 Å². The van der Waals surface area contributed by atoms with Crippen LogP contribution in [0.4, 0.5) is 0 Å². The normalized spacial score (nSPS) is 10.7. The lowest BCUT2D eigenvalue weighted by Crippen LogP contribution is -2.22. The van der Waals surface area contributed by atoms with Gasteiger partial charge in [-0.1, -0.05) is 28.1 Å². The third kappa shape index (κ3) is 3.56. The number of rotatable bonds is 3. The number of aromatic nitrogens is 2. The van der Waals surface area contributed by atoms with Crippen LogP contribution in [0.5, 0.6) is 0 Å². The molecule has 0 saturated heterocycles. The van der Waals surface area contributed by atoms with Gasteiger partial charge >= 0.3 is 0 Å². The average Bonchev–Trinajstić information content (AvgIpc) is 2.53. The summed E-state index contributed by atoms with van der Waals surface area (Å²) in [4.78, 5) is 21.3. The molecule has 1 heterocycles. The van der Waals surface area contributed by atoms with Crippen molar-refractivity contribution in [2.45, 2.75) is 20.4 Å². The highest BCUT2D eigenvalue weighted by Gasteiger charge is 2.08. The fourth-order valence-corrected chi connectivity index (χ4v) is 2.75. The Bertz CT molecular complexity index is 893. The highest BCUT2D eigenvalue weighted by atomic mass is 79.9. The number of nitrogens with one attached hydrogen (secondary N) is 1. The molecule has 4 nitrogen and oxygen atoms in total. The lowest BCUT2D eigenvalue weighted by Gasteiger charge is -2.07. The van der Waals surface area contributed by atoms with Gasteiger partial charge in [0.2, 0.25) is 0 Å². The highest BCUT2D eigenvalue weighted by Crippen LogP contribution is 2.15. The van der Waals surface area contributed by atoms with E-state index in [9.17, 15) is 4.79 Å². The molecule has 3 rings (SSSR count). The van der Waals surface area contributed by atoms with E-state index in [2.05, 4.69) is 31.2 Å². The third-order valence-electron chi connectivity index (χ3n) is 3.68. The number of hydrogen-bond acceptors (Lipinski definition) is 3. The number of amides is 1. The quantitative estimate of drug-likeness (QED) is 0.760. The molecule has 1 aromatic heterocycles. The average molecular weight is 370 g/mol. The van der Waals surface area contributed by atoms with Gasteiger partial charge in [-0.3, -0.25) is 4.79 Å². The molecule has 0 spiro atoms. The molecule has 0 aliphatic heterocycles. The minimum absolute atomic E-state index is 0.119. The fourth-order valence-electron chi connectivity index (χ4n) is 2.30. The predicted molar refractivity (Wildman–Crippen MR) is 94.3 cm³/mol. The Balaban J connectivity index is 1.79. The Morgan fingerprint density at radius 2 is 1.78 bits per heavy atom. The summed E-state index contributed by atoms with van der Waals surface area (Å²) >= 11 is 3.43. The predicted octanol–water partition coefficient (Wildman–Crippen LogP) is 3.94. The van der Waals surface area contributed by atoms with Gasteiger partial charge in [0.25, 0.3) is 5.91 Å². The number of aryl methyl sites for hydroxylation is 2. The van der Waals surface area contributed by atoms with Crippen LogP contribution in [-0.4, -0.2) is 15.9 Å². The van der Waals surface area contributed by atoms with Crippen LogP contribution < -0.4 is 5.32 Å². The van der Waals surface area contributed by atoms with Gasteiger partial charge in [0.15, 0.2) is 0 Å². The van der Waals surface area contributed by atoms with Crippen molar-refractivity contribution in [3.63, 3.8) is 0 Å². The zero-order valence-electron chi connectivity index (χ0n) is 12.9. The van der Waals surface area contributed by atoms with Crippen molar-refractivity contribution in [1.29, 1.82) is 0 Å². The highest BCUT2D eigenvalue weighted by molar-refractivity contribution is 9.10. The number of fused-ring (bicyclic) bond motifs is 1. The van der Waals surface area contributed by atoms with Crippen LogP contribution in [-0.2, 0) is 6.54 Å². The maximum absolute atomic E-state index is 12.3. The van der Waals surface area contributed by atoms with Gasteiger partial charge in [-0.2, -0.15) is 0 Å². The molecular weight excluding hydrogens is 354 g/mol. The number of benzene rings is 2. The summed E-state index contributed by atoms with van der Waals surface area (Å²) in [5.74, 6) is -0.119. The minimum Gasteiger partial charge on any atom is -0.348 e. The SMILES string of the molecule is Cc1nc2ccc(C(=O)NCc3cccc(Br)c3)cc2nc1C. The third-order valence-corrected chi connectivity index (χ3v) is 4.17. The molecule has 0 radical (unpaired) electrons. The summed E-state index contributed by atoms with van der Waals surface area (Å²) in [6.45, 7) is 4.33. The number of nitrogens with zero attached hydrogens (tertiary/aromatic N) is 2. The standard InChI is InChI=1S/C18H16BrN3O/c1-11-12(2)22-17-9-14(6-7-16(17)21-11)18(23)20-10-13-4-3-5-15(19)8-13/h3-9H,10H2,1-2H3,(H,20,23). The molecule has 0 atom stereocenters. The van der Waals surface area contributed by atoms with Gasteiger partial charge in [0, 0.05) is 16.6 Å². The van der Waals surface area contributed by atoms with Crippen LogP contribution in [0.25, 0.3) is 11.0 Å². The van der Waals surface area contributed by atoms with Crippen molar-refractivity contribution in [3.05, 3.63) is 69.5 Å². The lowest BCUT2D eigenvalue weighted by atomic mass is 10.1. The Hall–Kier alpha value is -2.27. The van der Waals surface area contributed by atoms with E-state index in [1.807, 2.05) is 44.2 Å². The van der Waals surface area contributed by atoms with E-state index in [4.69, 9.17) is 0 Å². The minimum atomic E-state index is -0.119. The molecule has 0 saturated carbocycles. The molecule has 23 heavy (non-hydrogen) atoms. The summed E-state index contributed by atoms with van der Waals surface area (Å²) in [7, 11) is 0. The molecule has 0 fully saturated rings. The van der Waals surface area contributed by atoms with Gasteiger partial charge in [-0.25, -0.2) is 9.97 Å². The van der Waals surface area contributed by atoms with Crippen molar-refractivity contribution in [1.82, 2.24) is 15.3 Å². The van der Waals surface area contributed by atoms with Crippen LogP contribution in [0.3, 0.4) is 0 Å². The Kier molecular flexibility index (Phi) is 4.39. The fraction of sp³-hybridized carbons (Fsp3) is 0.167. The van der Waals surface area contributed by atoms with Crippen molar-refractivity contribution in [2.75, 3.05) is 0 Å². The van der Waals surface area contributed by atoms with E-state index in [0.717, 1.165) is 32.5 Å². The first kappa shape index (κ1) is 15.6. The molecule has 1 N–H and O–H groups in total. The molecule has 3 aromatic rings. The summed E-state index contributed by atoms with van der Waals surface area (Å²) in [5, 5.41) is 2.93. The van der Waals surface area contributed by atoms with Gasteiger partial charge in [-0.05, 0) is 49.7 Å². The number of hydrogen-bond donors (Lipinski definition) is 1. The summed E-state index contributed by atoms with van der Waals surface area (Å²) < 4.78 is 0.996. The number of halogens is 1. The molecule has 0 aliphatic rings. The second-order valence-corrected chi connectivity index (χ2v) is 6.33. The molecule has 0 unspecified atom stereocenters. The largest absolute Gasteiger partial charge is 0.348 e. The van der Waals surface area contributed by atoms with Crippen LogP contribution >= 0.6 is 15.9 Å². The zero-order valence-corrected chi connectivity index (χ0v) is 14.5. The van der Waals surface area contributed by atoms with E-state index < -0.39 is 0 Å². The number of carbonyl (C=O) groups is 1. The zero-order chi connectivity index (χ0) is 16.4. The van der Waals surface area contributed by atoms with Crippen LogP contribution in [0.1, 0.15) is 27.3 Å². The van der Waals surface area contributed by atoms with E-state index in [1.54, 1.807) is 12.1 Å². The molecule has 1 amide bonds.